The molecule has 21 heavy (non-hydrogen) atoms. The molecule has 1 aliphatic heterocycles. The first-order valence-electron chi connectivity index (χ1n) is 7.69. The fourth-order valence-electron chi connectivity index (χ4n) is 2.86. The Labute approximate surface area is 130 Å². The Morgan fingerprint density at radius 2 is 2.33 bits per heavy atom. The predicted octanol–water partition coefficient (Wildman–Crippen LogP) is 3.87. The van der Waals surface area contributed by atoms with Crippen molar-refractivity contribution in [1.82, 2.24) is 10.3 Å². The molecule has 1 N–H and O–H groups in total. The average Bonchev–Trinajstić information content (AvgIpc) is 2.94. The van der Waals surface area contributed by atoms with Crippen LogP contribution in [0.4, 0.5) is 0 Å². The van der Waals surface area contributed by atoms with E-state index in [0.717, 1.165) is 43.9 Å². The van der Waals surface area contributed by atoms with E-state index in [2.05, 4.69) is 42.3 Å². The average molecular weight is 302 g/mol. The maximum atomic E-state index is 6.00. The first kappa shape index (κ1) is 14.5. The van der Waals surface area contributed by atoms with E-state index in [1.54, 1.807) is 11.3 Å². The summed E-state index contributed by atoms with van der Waals surface area (Å²) >= 11 is 1.72. The van der Waals surface area contributed by atoms with Gasteiger partial charge >= 0.3 is 0 Å². The summed E-state index contributed by atoms with van der Waals surface area (Å²) in [4.78, 5) is 5.72. The number of thiazole rings is 1. The molecule has 0 fully saturated rings. The largest absolute Gasteiger partial charge is 0.493 e. The first-order valence-corrected chi connectivity index (χ1v) is 8.57. The molecule has 0 saturated heterocycles. The number of para-hydroxylation sites is 1. The van der Waals surface area contributed by atoms with Gasteiger partial charge in [-0.15, -0.1) is 11.3 Å². The van der Waals surface area contributed by atoms with Crippen molar-refractivity contribution in [2.75, 3.05) is 13.2 Å². The van der Waals surface area contributed by atoms with Crippen LogP contribution in [0.15, 0.2) is 23.7 Å². The molecule has 0 bridgehead atoms. The van der Waals surface area contributed by atoms with Crippen LogP contribution in [0.25, 0.3) is 0 Å². The highest BCUT2D eigenvalue weighted by molar-refractivity contribution is 7.09. The Kier molecular flexibility index (Phi) is 4.56. The summed E-state index contributed by atoms with van der Waals surface area (Å²) in [6.07, 6.45) is 3.35. The van der Waals surface area contributed by atoms with Gasteiger partial charge in [-0.2, -0.15) is 0 Å². The molecule has 0 saturated carbocycles. The van der Waals surface area contributed by atoms with Crippen molar-refractivity contribution in [1.29, 1.82) is 0 Å². The van der Waals surface area contributed by atoms with Gasteiger partial charge in [-0.3, -0.25) is 0 Å². The zero-order chi connectivity index (χ0) is 14.7. The summed E-state index contributed by atoms with van der Waals surface area (Å²) in [6.45, 7) is 6.10. The molecule has 0 amide bonds. The minimum absolute atomic E-state index is 0.186. The van der Waals surface area contributed by atoms with E-state index in [1.165, 1.54) is 16.0 Å². The number of benzene rings is 1. The fourth-order valence-corrected chi connectivity index (χ4v) is 3.76. The van der Waals surface area contributed by atoms with Crippen molar-refractivity contribution in [2.45, 2.75) is 39.2 Å². The number of hydrogen-bond donors (Lipinski definition) is 1. The topological polar surface area (TPSA) is 34.1 Å². The smallest absolute Gasteiger partial charge is 0.127 e. The lowest BCUT2D eigenvalue weighted by Gasteiger charge is -2.25. The Morgan fingerprint density at radius 3 is 3.10 bits per heavy atom. The van der Waals surface area contributed by atoms with Gasteiger partial charge in [0.05, 0.1) is 23.9 Å². The van der Waals surface area contributed by atoms with Crippen LogP contribution in [0.3, 0.4) is 0 Å². The highest BCUT2D eigenvalue weighted by Gasteiger charge is 2.24. The van der Waals surface area contributed by atoms with Crippen molar-refractivity contribution < 1.29 is 4.74 Å². The third-order valence-electron chi connectivity index (χ3n) is 3.92. The Morgan fingerprint density at radius 1 is 1.43 bits per heavy atom. The Bertz CT molecular complexity index is 609. The van der Waals surface area contributed by atoms with Crippen molar-refractivity contribution in [2.24, 2.45) is 0 Å². The fraction of sp³-hybridized carbons (Fsp3) is 0.471. The van der Waals surface area contributed by atoms with Crippen LogP contribution in [0, 0.1) is 6.92 Å². The standard InChI is InChI=1S/C17H22N2OS/c1-3-9-18-15(17-12(2)19-11-21-17)14-8-4-6-13-7-5-10-20-16(13)14/h4,6,8,11,15,18H,3,5,7,9-10H2,1-2H3. The van der Waals surface area contributed by atoms with Crippen LogP contribution in [0.5, 0.6) is 5.75 Å². The third-order valence-corrected chi connectivity index (χ3v) is 4.91. The predicted molar refractivity (Wildman–Crippen MR) is 87.2 cm³/mol. The van der Waals surface area contributed by atoms with Crippen LogP contribution in [-0.2, 0) is 6.42 Å². The lowest BCUT2D eigenvalue weighted by Crippen LogP contribution is -2.24. The highest BCUT2D eigenvalue weighted by Crippen LogP contribution is 2.37. The van der Waals surface area contributed by atoms with Crippen LogP contribution in [0.2, 0.25) is 0 Å². The van der Waals surface area contributed by atoms with E-state index >= 15 is 0 Å². The molecule has 2 heterocycles. The molecule has 3 nitrogen and oxygen atoms in total. The number of nitrogens with one attached hydrogen (secondary N) is 1. The van der Waals surface area contributed by atoms with Crippen LogP contribution in [0.1, 0.15) is 47.5 Å². The zero-order valence-electron chi connectivity index (χ0n) is 12.7. The number of hydrogen-bond acceptors (Lipinski definition) is 4. The second kappa shape index (κ2) is 6.58. The molecule has 112 valence electrons. The zero-order valence-corrected chi connectivity index (χ0v) is 13.5. The van der Waals surface area contributed by atoms with Crippen molar-refractivity contribution in [3.8, 4) is 5.75 Å². The molecule has 3 rings (SSSR count). The SMILES string of the molecule is CCCNC(c1cccc2c1OCCC2)c1scnc1C. The van der Waals surface area contributed by atoms with Gasteiger partial charge in [-0.1, -0.05) is 25.1 Å². The Hall–Kier alpha value is -1.39. The van der Waals surface area contributed by atoms with Crippen molar-refractivity contribution in [3.63, 3.8) is 0 Å². The van der Waals surface area contributed by atoms with Crippen LogP contribution >= 0.6 is 11.3 Å². The van der Waals surface area contributed by atoms with Gasteiger partial charge in [0.25, 0.3) is 0 Å². The highest BCUT2D eigenvalue weighted by atomic mass is 32.1. The Balaban J connectivity index is 2.02. The molecule has 1 aliphatic rings. The van der Waals surface area contributed by atoms with E-state index in [4.69, 9.17) is 4.74 Å². The monoisotopic (exact) mass is 302 g/mol. The maximum Gasteiger partial charge on any atom is 0.127 e. The van der Waals surface area contributed by atoms with Gasteiger partial charge in [-0.25, -0.2) is 4.98 Å². The van der Waals surface area contributed by atoms with Gasteiger partial charge in [0, 0.05) is 10.4 Å². The molecular weight excluding hydrogens is 280 g/mol. The van der Waals surface area contributed by atoms with E-state index in [1.807, 2.05) is 5.51 Å². The second-order valence-corrected chi connectivity index (χ2v) is 6.36. The number of aromatic nitrogens is 1. The van der Waals surface area contributed by atoms with Crippen molar-refractivity contribution in [3.05, 3.63) is 45.4 Å². The van der Waals surface area contributed by atoms with E-state index in [9.17, 15) is 0 Å². The number of rotatable bonds is 5. The summed E-state index contributed by atoms with van der Waals surface area (Å²) in [5.74, 6) is 1.09. The molecule has 0 aliphatic carbocycles. The van der Waals surface area contributed by atoms with E-state index in [-0.39, 0.29) is 6.04 Å². The second-order valence-electron chi connectivity index (χ2n) is 5.48. The summed E-state index contributed by atoms with van der Waals surface area (Å²) in [5.41, 5.74) is 5.64. The van der Waals surface area contributed by atoms with Crippen LogP contribution in [-0.4, -0.2) is 18.1 Å². The van der Waals surface area contributed by atoms with Gasteiger partial charge in [0.15, 0.2) is 0 Å². The normalized spacial score (nSPS) is 15.3. The lowest BCUT2D eigenvalue weighted by atomic mass is 9.96. The molecule has 0 spiro atoms. The molecular formula is C17H22N2OS. The quantitative estimate of drug-likeness (QED) is 0.910. The molecule has 2 aromatic rings. The number of ether oxygens (including phenoxy) is 1. The summed E-state index contributed by atoms with van der Waals surface area (Å²) in [5, 5.41) is 3.67. The number of aryl methyl sites for hydroxylation is 2. The molecule has 1 aromatic heterocycles. The maximum absolute atomic E-state index is 6.00. The minimum atomic E-state index is 0.186. The lowest BCUT2D eigenvalue weighted by molar-refractivity contribution is 0.283. The number of fused-ring (bicyclic) bond motifs is 1. The summed E-state index contributed by atoms with van der Waals surface area (Å²) in [6, 6.07) is 6.72. The van der Waals surface area contributed by atoms with Gasteiger partial charge < -0.3 is 10.1 Å². The minimum Gasteiger partial charge on any atom is -0.493 e. The van der Waals surface area contributed by atoms with Gasteiger partial charge in [-0.05, 0) is 38.3 Å². The van der Waals surface area contributed by atoms with Crippen molar-refractivity contribution >= 4 is 11.3 Å². The van der Waals surface area contributed by atoms with E-state index < -0.39 is 0 Å². The summed E-state index contributed by atoms with van der Waals surface area (Å²) < 4.78 is 6.00. The van der Waals surface area contributed by atoms with Gasteiger partial charge in [0.2, 0.25) is 0 Å². The number of nitrogens with zero attached hydrogens (tertiary/aromatic N) is 1. The molecule has 1 atom stereocenters. The molecule has 4 heteroatoms. The molecule has 0 radical (unpaired) electrons. The van der Waals surface area contributed by atoms with Gasteiger partial charge in [0.1, 0.15) is 5.75 Å². The molecule has 1 aromatic carbocycles. The van der Waals surface area contributed by atoms with Crippen LogP contribution < -0.4 is 10.1 Å². The third kappa shape index (κ3) is 2.97. The summed E-state index contributed by atoms with van der Waals surface area (Å²) in [7, 11) is 0. The van der Waals surface area contributed by atoms with E-state index in [0.29, 0.717) is 0 Å². The first-order chi connectivity index (χ1) is 10.3. The molecule has 1 unspecified atom stereocenters.